The topological polar surface area (TPSA) is 74.6 Å². The molecule has 0 radical (unpaired) electrons. The van der Waals surface area contributed by atoms with Crippen molar-refractivity contribution in [3.63, 3.8) is 0 Å². The van der Waals surface area contributed by atoms with Gasteiger partial charge in [0.05, 0.1) is 13.2 Å². The number of hydrogen-bond acceptors (Lipinski definition) is 4. The Morgan fingerprint density at radius 3 is 2.68 bits per heavy atom. The van der Waals surface area contributed by atoms with Crippen LogP contribution < -0.4 is 10.1 Å². The number of urea groups is 1. The Morgan fingerprint density at radius 2 is 2.05 bits per heavy atom. The third kappa shape index (κ3) is 3.86. The Bertz CT molecular complexity index is 461. The van der Waals surface area contributed by atoms with Crippen LogP contribution >= 0.6 is 0 Å². The summed E-state index contributed by atoms with van der Waals surface area (Å²) >= 11 is 0. The average molecular weight is 261 g/mol. The highest BCUT2D eigenvalue weighted by Crippen LogP contribution is 2.16. The zero-order valence-electron chi connectivity index (χ0n) is 10.5. The van der Waals surface area contributed by atoms with E-state index in [4.69, 9.17) is 14.7 Å². The van der Waals surface area contributed by atoms with Crippen molar-refractivity contribution in [3.8, 4) is 11.8 Å². The monoisotopic (exact) mass is 261 g/mol. The molecule has 1 aliphatic rings. The highest BCUT2D eigenvalue weighted by molar-refractivity contribution is 5.89. The lowest BCUT2D eigenvalue weighted by atomic mass is 10.3. The Balaban J connectivity index is 1.88. The van der Waals surface area contributed by atoms with Crippen LogP contribution in [0.1, 0.15) is 0 Å². The van der Waals surface area contributed by atoms with Crippen molar-refractivity contribution in [3.05, 3.63) is 24.3 Å². The summed E-state index contributed by atoms with van der Waals surface area (Å²) in [6.45, 7) is 2.38. The first-order valence-corrected chi connectivity index (χ1v) is 6.03. The second-order valence-corrected chi connectivity index (χ2v) is 4.00. The number of nitriles is 1. The lowest BCUT2D eigenvalue weighted by Crippen LogP contribution is -2.43. The molecule has 1 aromatic rings. The number of hydrogen-bond donors (Lipinski definition) is 1. The molecule has 0 aliphatic carbocycles. The van der Waals surface area contributed by atoms with Gasteiger partial charge in [0, 0.05) is 18.8 Å². The minimum absolute atomic E-state index is 0.0134. The summed E-state index contributed by atoms with van der Waals surface area (Å²) in [6, 6.07) is 8.68. The molecule has 1 saturated heterocycles. The van der Waals surface area contributed by atoms with E-state index in [-0.39, 0.29) is 12.6 Å². The van der Waals surface area contributed by atoms with Gasteiger partial charge in [0.25, 0.3) is 0 Å². The first kappa shape index (κ1) is 13.2. The van der Waals surface area contributed by atoms with E-state index in [1.54, 1.807) is 29.2 Å². The second kappa shape index (κ2) is 6.61. The van der Waals surface area contributed by atoms with Gasteiger partial charge in [0.1, 0.15) is 11.8 Å². The number of nitrogens with one attached hydrogen (secondary N) is 1. The molecule has 0 spiro atoms. The molecule has 1 heterocycles. The quantitative estimate of drug-likeness (QED) is 0.893. The van der Waals surface area contributed by atoms with Crippen molar-refractivity contribution >= 4 is 11.7 Å². The summed E-state index contributed by atoms with van der Waals surface area (Å²) in [5.74, 6) is 0.603. The van der Waals surface area contributed by atoms with E-state index in [9.17, 15) is 4.79 Å². The fourth-order valence-electron chi connectivity index (χ4n) is 1.72. The van der Waals surface area contributed by atoms with Crippen LogP contribution in [-0.2, 0) is 4.74 Å². The minimum atomic E-state index is -0.131. The van der Waals surface area contributed by atoms with Crippen molar-refractivity contribution in [2.75, 3.05) is 38.2 Å². The molecule has 1 aliphatic heterocycles. The van der Waals surface area contributed by atoms with E-state index in [2.05, 4.69) is 5.32 Å². The van der Waals surface area contributed by atoms with E-state index in [1.807, 2.05) is 6.07 Å². The SMILES string of the molecule is N#CCOc1ccc(NC(=O)N2CCOCC2)cc1. The Kier molecular flexibility index (Phi) is 4.59. The number of morpholine rings is 1. The summed E-state index contributed by atoms with van der Waals surface area (Å²) in [7, 11) is 0. The molecule has 1 fully saturated rings. The second-order valence-electron chi connectivity index (χ2n) is 4.00. The van der Waals surface area contributed by atoms with Gasteiger partial charge in [-0.1, -0.05) is 0 Å². The van der Waals surface area contributed by atoms with E-state index < -0.39 is 0 Å². The number of benzene rings is 1. The number of carbonyl (C=O) groups excluding carboxylic acids is 1. The van der Waals surface area contributed by atoms with E-state index in [0.717, 1.165) is 0 Å². The molecule has 0 aromatic heterocycles. The average Bonchev–Trinajstić information content (AvgIpc) is 2.47. The molecule has 0 bridgehead atoms. The summed E-state index contributed by atoms with van der Waals surface area (Å²) in [6.07, 6.45) is 0. The Hall–Kier alpha value is -2.26. The first-order valence-electron chi connectivity index (χ1n) is 6.03. The molecule has 6 nitrogen and oxygen atoms in total. The van der Waals surface area contributed by atoms with Gasteiger partial charge in [-0.2, -0.15) is 5.26 Å². The summed E-state index contributed by atoms with van der Waals surface area (Å²) in [4.78, 5) is 13.6. The van der Waals surface area contributed by atoms with Crippen LogP contribution in [0.3, 0.4) is 0 Å². The highest BCUT2D eigenvalue weighted by atomic mass is 16.5. The maximum absolute atomic E-state index is 11.9. The van der Waals surface area contributed by atoms with Crippen LogP contribution in [-0.4, -0.2) is 43.8 Å². The van der Waals surface area contributed by atoms with Crippen molar-refractivity contribution in [1.82, 2.24) is 4.90 Å². The largest absolute Gasteiger partial charge is 0.479 e. The molecule has 2 rings (SSSR count). The number of carbonyl (C=O) groups is 1. The zero-order chi connectivity index (χ0) is 13.5. The summed E-state index contributed by atoms with van der Waals surface area (Å²) in [5.41, 5.74) is 0.695. The van der Waals surface area contributed by atoms with Gasteiger partial charge in [0.15, 0.2) is 6.61 Å². The van der Waals surface area contributed by atoms with Gasteiger partial charge in [-0.15, -0.1) is 0 Å². The number of amides is 2. The molecule has 100 valence electrons. The van der Waals surface area contributed by atoms with Crippen LogP contribution in [0.4, 0.5) is 10.5 Å². The third-order valence-corrected chi connectivity index (χ3v) is 2.71. The van der Waals surface area contributed by atoms with Gasteiger partial charge < -0.3 is 19.7 Å². The Morgan fingerprint density at radius 1 is 1.37 bits per heavy atom. The zero-order valence-corrected chi connectivity index (χ0v) is 10.5. The van der Waals surface area contributed by atoms with Gasteiger partial charge in [-0.05, 0) is 24.3 Å². The fourth-order valence-corrected chi connectivity index (χ4v) is 1.72. The molecule has 6 heteroatoms. The van der Waals surface area contributed by atoms with Crippen molar-refractivity contribution in [1.29, 1.82) is 5.26 Å². The van der Waals surface area contributed by atoms with Gasteiger partial charge in [0.2, 0.25) is 0 Å². The van der Waals surface area contributed by atoms with Crippen LogP contribution in [0.2, 0.25) is 0 Å². The van der Waals surface area contributed by atoms with Crippen LogP contribution in [0.15, 0.2) is 24.3 Å². The molecule has 0 saturated carbocycles. The molecular weight excluding hydrogens is 246 g/mol. The maximum atomic E-state index is 11.9. The van der Waals surface area contributed by atoms with Crippen molar-refractivity contribution in [2.45, 2.75) is 0 Å². The smallest absolute Gasteiger partial charge is 0.321 e. The standard InChI is InChI=1S/C13H15N3O3/c14-5-8-19-12-3-1-11(2-4-12)15-13(17)16-6-9-18-10-7-16/h1-4H,6-10H2,(H,15,17). The lowest BCUT2D eigenvalue weighted by Gasteiger charge is -2.26. The lowest BCUT2D eigenvalue weighted by molar-refractivity contribution is 0.0564. The van der Waals surface area contributed by atoms with Gasteiger partial charge in [-0.3, -0.25) is 0 Å². The summed E-state index contributed by atoms with van der Waals surface area (Å²) < 4.78 is 10.3. The third-order valence-electron chi connectivity index (χ3n) is 2.71. The van der Waals surface area contributed by atoms with Crippen molar-refractivity contribution in [2.24, 2.45) is 0 Å². The number of ether oxygens (including phenoxy) is 2. The predicted molar refractivity (Wildman–Crippen MR) is 69.0 cm³/mol. The normalized spacial score (nSPS) is 14.6. The number of rotatable bonds is 3. The fraction of sp³-hybridized carbons (Fsp3) is 0.385. The van der Waals surface area contributed by atoms with E-state index in [0.29, 0.717) is 37.7 Å². The van der Waals surface area contributed by atoms with E-state index >= 15 is 0 Å². The molecule has 0 unspecified atom stereocenters. The Labute approximate surface area is 111 Å². The number of anilines is 1. The minimum Gasteiger partial charge on any atom is -0.479 e. The predicted octanol–water partition coefficient (Wildman–Crippen LogP) is 1.45. The van der Waals surface area contributed by atoms with Gasteiger partial charge in [-0.25, -0.2) is 4.79 Å². The van der Waals surface area contributed by atoms with Crippen molar-refractivity contribution < 1.29 is 14.3 Å². The molecule has 0 atom stereocenters. The van der Waals surface area contributed by atoms with Crippen LogP contribution in [0, 0.1) is 11.3 Å². The van der Waals surface area contributed by atoms with E-state index in [1.165, 1.54) is 0 Å². The van der Waals surface area contributed by atoms with Crippen LogP contribution in [0.25, 0.3) is 0 Å². The molecule has 1 N–H and O–H groups in total. The first-order chi connectivity index (χ1) is 9.29. The molecule has 19 heavy (non-hydrogen) atoms. The molecular formula is C13H15N3O3. The van der Waals surface area contributed by atoms with Crippen LogP contribution in [0.5, 0.6) is 5.75 Å². The molecule has 2 amide bonds. The maximum Gasteiger partial charge on any atom is 0.321 e. The number of nitrogens with zero attached hydrogens (tertiary/aromatic N) is 2. The highest BCUT2D eigenvalue weighted by Gasteiger charge is 2.16. The summed E-state index contributed by atoms with van der Waals surface area (Å²) in [5, 5.41) is 11.2. The molecule has 1 aromatic carbocycles. The van der Waals surface area contributed by atoms with Gasteiger partial charge >= 0.3 is 6.03 Å².